The first kappa shape index (κ1) is 15.9. The van der Waals surface area contributed by atoms with Gasteiger partial charge in [-0.05, 0) is 36.2 Å². The van der Waals surface area contributed by atoms with Crippen molar-refractivity contribution in [3.8, 4) is 17.2 Å². The molecular formula is C19H18O5. The summed E-state index contributed by atoms with van der Waals surface area (Å²) in [5.74, 6) is 1.99. The van der Waals surface area contributed by atoms with Crippen LogP contribution in [0.4, 0.5) is 0 Å². The van der Waals surface area contributed by atoms with Crippen LogP contribution in [-0.2, 0) is 12.8 Å². The van der Waals surface area contributed by atoms with Gasteiger partial charge in [0.25, 0.3) is 0 Å². The summed E-state index contributed by atoms with van der Waals surface area (Å²) in [5, 5.41) is 10.0. The number of phenols is 1. The van der Waals surface area contributed by atoms with Crippen LogP contribution in [-0.4, -0.2) is 19.3 Å². The third-order valence-corrected chi connectivity index (χ3v) is 3.90. The van der Waals surface area contributed by atoms with Crippen molar-refractivity contribution in [3.05, 3.63) is 64.0 Å². The fraction of sp³-hybridized carbons (Fsp3) is 0.211. The van der Waals surface area contributed by atoms with Gasteiger partial charge in [-0.3, -0.25) is 4.79 Å². The van der Waals surface area contributed by atoms with Crippen molar-refractivity contribution >= 4 is 11.0 Å². The number of fused-ring (bicyclic) bond motifs is 1. The van der Waals surface area contributed by atoms with E-state index >= 15 is 0 Å². The minimum Gasteiger partial charge on any atom is -0.508 e. The molecule has 2 aromatic carbocycles. The maximum absolute atomic E-state index is 12.3. The van der Waals surface area contributed by atoms with Crippen LogP contribution in [0.2, 0.25) is 0 Å². The zero-order valence-electron chi connectivity index (χ0n) is 13.5. The summed E-state index contributed by atoms with van der Waals surface area (Å²) in [7, 11) is 3.12. The summed E-state index contributed by atoms with van der Waals surface area (Å²) < 4.78 is 16.2. The molecule has 1 N–H and O–H groups in total. The number of ether oxygens (including phenoxy) is 2. The molecule has 1 aromatic heterocycles. The van der Waals surface area contributed by atoms with Gasteiger partial charge in [-0.1, -0.05) is 6.07 Å². The molecule has 24 heavy (non-hydrogen) atoms. The lowest BCUT2D eigenvalue weighted by Gasteiger charge is -2.09. The van der Waals surface area contributed by atoms with Crippen molar-refractivity contribution in [2.24, 2.45) is 0 Å². The normalized spacial score (nSPS) is 10.8. The van der Waals surface area contributed by atoms with Gasteiger partial charge in [-0.15, -0.1) is 0 Å². The van der Waals surface area contributed by atoms with E-state index in [0.29, 0.717) is 41.1 Å². The average molecular weight is 326 g/mol. The summed E-state index contributed by atoms with van der Waals surface area (Å²) in [5.41, 5.74) is 1.38. The Hall–Kier alpha value is -2.95. The van der Waals surface area contributed by atoms with Crippen LogP contribution in [0.1, 0.15) is 11.3 Å². The molecule has 0 saturated heterocycles. The Morgan fingerprint density at radius 3 is 2.58 bits per heavy atom. The number of phenolic OH excluding ortho intramolecular Hbond substituents is 1. The van der Waals surface area contributed by atoms with Gasteiger partial charge >= 0.3 is 0 Å². The predicted molar refractivity (Wildman–Crippen MR) is 91.1 cm³/mol. The fourth-order valence-electron chi connectivity index (χ4n) is 2.63. The van der Waals surface area contributed by atoms with Crippen LogP contribution in [0.15, 0.2) is 51.7 Å². The molecule has 0 fully saturated rings. The molecule has 0 aliphatic heterocycles. The molecule has 3 aromatic rings. The third kappa shape index (κ3) is 3.20. The lowest BCUT2D eigenvalue weighted by Crippen LogP contribution is -2.04. The van der Waals surface area contributed by atoms with Crippen LogP contribution in [0.3, 0.4) is 0 Å². The molecule has 0 saturated carbocycles. The highest BCUT2D eigenvalue weighted by Crippen LogP contribution is 2.25. The minimum atomic E-state index is -0.0946. The molecule has 0 spiro atoms. The molecular weight excluding hydrogens is 308 g/mol. The maximum Gasteiger partial charge on any atom is 0.193 e. The van der Waals surface area contributed by atoms with Gasteiger partial charge in [0, 0.05) is 18.6 Å². The first-order valence-electron chi connectivity index (χ1n) is 7.57. The van der Waals surface area contributed by atoms with E-state index in [0.717, 1.165) is 5.56 Å². The predicted octanol–water partition coefficient (Wildman–Crippen LogP) is 3.30. The monoisotopic (exact) mass is 326 g/mol. The zero-order chi connectivity index (χ0) is 17.1. The van der Waals surface area contributed by atoms with Crippen LogP contribution < -0.4 is 14.9 Å². The number of rotatable bonds is 5. The Morgan fingerprint density at radius 1 is 1.00 bits per heavy atom. The highest BCUT2D eigenvalue weighted by Gasteiger charge is 2.09. The van der Waals surface area contributed by atoms with Gasteiger partial charge in [-0.25, -0.2) is 0 Å². The van der Waals surface area contributed by atoms with E-state index in [-0.39, 0.29) is 11.2 Å². The summed E-state index contributed by atoms with van der Waals surface area (Å²) in [6.45, 7) is 0. The zero-order valence-corrected chi connectivity index (χ0v) is 13.5. The van der Waals surface area contributed by atoms with Crippen LogP contribution in [0, 0.1) is 0 Å². The molecule has 0 atom stereocenters. The van der Waals surface area contributed by atoms with Crippen LogP contribution >= 0.6 is 0 Å². The molecule has 5 nitrogen and oxygen atoms in total. The number of aryl methyl sites for hydroxylation is 2. The molecule has 5 heteroatoms. The fourth-order valence-corrected chi connectivity index (χ4v) is 2.63. The minimum absolute atomic E-state index is 0.0946. The SMILES string of the molecule is COc1ccc2oc(CCc3ccc(O)cc3OC)cc(=O)c2c1. The van der Waals surface area contributed by atoms with Crippen LogP contribution in [0.5, 0.6) is 17.2 Å². The van der Waals surface area contributed by atoms with E-state index in [1.807, 2.05) is 0 Å². The first-order chi connectivity index (χ1) is 11.6. The second kappa shape index (κ2) is 6.66. The number of methoxy groups -OCH3 is 2. The summed E-state index contributed by atoms with van der Waals surface area (Å²) >= 11 is 0. The van der Waals surface area contributed by atoms with Gasteiger partial charge in [0.1, 0.15) is 28.6 Å². The number of benzene rings is 2. The van der Waals surface area contributed by atoms with E-state index in [4.69, 9.17) is 13.9 Å². The topological polar surface area (TPSA) is 68.9 Å². The van der Waals surface area contributed by atoms with E-state index < -0.39 is 0 Å². The highest BCUT2D eigenvalue weighted by atomic mass is 16.5. The van der Waals surface area contributed by atoms with Gasteiger partial charge < -0.3 is 19.0 Å². The lowest BCUT2D eigenvalue weighted by molar-refractivity contribution is 0.402. The number of aromatic hydroxyl groups is 1. The standard InChI is InChI=1S/C19H18O5/c1-22-14-7-8-18-16(10-14)17(21)11-15(24-18)6-4-12-3-5-13(20)9-19(12)23-2/h3,5,7-11,20H,4,6H2,1-2H3. The molecule has 124 valence electrons. The molecule has 0 aliphatic carbocycles. The Bertz CT molecular complexity index is 927. The Labute approximate surface area is 139 Å². The summed E-state index contributed by atoms with van der Waals surface area (Å²) in [4.78, 5) is 12.3. The molecule has 0 bridgehead atoms. The lowest BCUT2D eigenvalue weighted by atomic mass is 10.1. The summed E-state index contributed by atoms with van der Waals surface area (Å²) in [6.07, 6.45) is 1.19. The van der Waals surface area contributed by atoms with Crippen LogP contribution in [0.25, 0.3) is 11.0 Å². The second-order valence-electron chi connectivity index (χ2n) is 5.44. The molecule has 0 unspecified atom stereocenters. The van der Waals surface area contributed by atoms with E-state index in [9.17, 15) is 9.90 Å². The average Bonchev–Trinajstić information content (AvgIpc) is 2.60. The van der Waals surface area contributed by atoms with Crippen molar-refractivity contribution in [3.63, 3.8) is 0 Å². The Morgan fingerprint density at radius 2 is 1.83 bits per heavy atom. The molecule has 0 aliphatic rings. The second-order valence-corrected chi connectivity index (χ2v) is 5.44. The number of hydrogen-bond acceptors (Lipinski definition) is 5. The smallest absolute Gasteiger partial charge is 0.193 e. The van der Waals surface area contributed by atoms with E-state index in [2.05, 4.69) is 0 Å². The maximum atomic E-state index is 12.3. The third-order valence-electron chi connectivity index (χ3n) is 3.90. The van der Waals surface area contributed by atoms with Crippen molar-refractivity contribution in [1.82, 2.24) is 0 Å². The summed E-state index contributed by atoms with van der Waals surface area (Å²) in [6, 6.07) is 11.7. The van der Waals surface area contributed by atoms with Crippen molar-refractivity contribution in [1.29, 1.82) is 0 Å². The largest absolute Gasteiger partial charge is 0.508 e. The quantitative estimate of drug-likeness (QED) is 0.779. The Balaban J connectivity index is 1.87. The highest BCUT2D eigenvalue weighted by molar-refractivity contribution is 5.78. The van der Waals surface area contributed by atoms with Gasteiger partial charge in [0.05, 0.1) is 19.6 Å². The van der Waals surface area contributed by atoms with E-state index in [1.54, 1.807) is 50.6 Å². The number of hydrogen-bond donors (Lipinski definition) is 1. The van der Waals surface area contributed by atoms with Gasteiger partial charge in [-0.2, -0.15) is 0 Å². The molecule has 0 amide bonds. The molecule has 1 heterocycles. The Kier molecular flexibility index (Phi) is 4.42. The molecule has 0 radical (unpaired) electrons. The molecule has 3 rings (SSSR count). The van der Waals surface area contributed by atoms with Gasteiger partial charge in [0.2, 0.25) is 0 Å². The van der Waals surface area contributed by atoms with E-state index in [1.165, 1.54) is 6.07 Å². The van der Waals surface area contributed by atoms with Gasteiger partial charge in [0.15, 0.2) is 5.43 Å². The van der Waals surface area contributed by atoms with Crippen molar-refractivity contribution in [2.75, 3.05) is 14.2 Å². The van der Waals surface area contributed by atoms with Crippen molar-refractivity contribution in [2.45, 2.75) is 12.8 Å². The first-order valence-corrected chi connectivity index (χ1v) is 7.57. The van der Waals surface area contributed by atoms with Crippen molar-refractivity contribution < 1.29 is 19.0 Å².